The summed E-state index contributed by atoms with van der Waals surface area (Å²) in [6, 6.07) is 26.3. The van der Waals surface area contributed by atoms with Crippen molar-refractivity contribution in [2.45, 2.75) is 0 Å². The highest BCUT2D eigenvalue weighted by molar-refractivity contribution is 5.85. The summed E-state index contributed by atoms with van der Waals surface area (Å²) in [6.07, 6.45) is 0. The van der Waals surface area contributed by atoms with Crippen molar-refractivity contribution in [2.75, 3.05) is 11.9 Å². The van der Waals surface area contributed by atoms with Gasteiger partial charge in [0, 0.05) is 24.0 Å². The van der Waals surface area contributed by atoms with Crippen LogP contribution in [0.15, 0.2) is 78.9 Å². The first-order valence-corrected chi connectivity index (χ1v) is 7.16. The fraction of sp³-hybridized carbons (Fsp3) is 0.0500. The fourth-order valence-electron chi connectivity index (χ4n) is 2.60. The van der Waals surface area contributed by atoms with Crippen LogP contribution in [0.4, 0.5) is 17.1 Å². The molecule has 0 saturated carbocycles. The molecule has 0 bridgehead atoms. The van der Waals surface area contributed by atoms with Crippen LogP contribution in [0.2, 0.25) is 0 Å². The van der Waals surface area contributed by atoms with E-state index in [2.05, 4.69) is 34.0 Å². The molecule has 0 aliphatic heterocycles. The molecule has 3 rings (SSSR count). The molecule has 0 aliphatic rings. The van der Waals surface area contributed by atoms with Gasteiger partial charge in [0.2, 0.25) is 5.69 Å². The lowest BCUT2D eigenvalue weighted by atomic mass is 10.0. The number of nitrogens with zero attached hydrogens (tertiary/aromatic N) is 2. The minimum atomic E-state index is 0.660. The lowest BCUT2D eigenvalue weighted by Crippen LogP contribution is -2.10. The van der Waals surface area contributed by atoms with E-state index in [-0.39, 0.29) is 0 Å². The lowest BCUT2D eigenvalue weighted by Gasteiger charge is -2.24. The number of hydrogen-bond donors (Lipinski definition) is 0. The molecule has 2 nitrogen and oxygen atoms in total. The smallest absolute Gasteiger partial charge is 0.210 e. The van der Waals surface area contributed by atoms with Crippen LogP contribution in [0, 0.1) is 6.57 Å². The number of para-hydroxylation sites is 3. The zero-order valence-corrected chi connectivity index (χ0v) is 12.4. The van der Waals surface area contributed by atoms with Crippen molar-refractivity contribution >= 4 is 17.1 Å². The van der Waals surface area contributed by atoms with Crippen molar-refractivity contribution in [2.24, 2.45) is 0 Å². The first kappa shape index (κ1) is 13.9. The van der Waals surface area contributed by atoms with Gasteiger partial charge < -0.3 is 4.90 Å². The number of anilines is 2. The maximum Gasteiger partial charge on any atom is 0.210 e. The van der Waals surface area contributed by atoms with Gasteiger partial charge in [-0.05, 0) is 17.7 Å². The third kappa shape index (κ3) is 2.57. The van der Waals surface area contributed by atoms with Gasteiger partial charge >= 0.3 is 0 Å². The van der Waals surface area contributed by atoms with Gasteiger partial charge in [0.25, 0.3) is 0 Å². The monoisotopic (exact) mass is 284 g/mol. The molecule has 2 heteroatoms. The van der Waals surface area contributed by atoms with Crippen molar-refractivity contribution in [3.05, 3.63) is 90.3 Å². The Morgan fingerprint density at radius 1 is 0.727 bits per heavy atom. The molecule has 0 aliphatic carbocycles. The quantitative estimate of drug-likeness (QED) is 0.562. The van der Waals surface area contributed by atoms with Gasteiger partial charge in [0.15, 0.2) is 0 Å². The maximum atomic E-state index is 7.36. The Morgan fingerprint density at radius 3 is 2.05 bits per heavy atom. The van der Waals surface area contributed by atoms with Gasteiger partial charge in [-0.1, -0.05) is 66.7 Å². The Bertz CT molecular complexity index is 816. The van der Waals surface area contributed by atoms with Crippen molar-refractivity contribution in [1.29, 1.82) is 0 Å². The number of hydrogen-bond acceptors (Lipinski definition) is 1. The van der Waals surface area contributed by atoms with E-state index in [0.29, 0.717) is 5.69 Å². The molecule has 3 aromatic carbocycles. The molecular formula is C20H16N2. The van der Waals surface area contributed by atoms with Crippen LogP contribution >= 0.6 is 0 Å². The molecule has 3 aromatic rings. The average molecular weight is 284 g/mol. The highest BCUT2D eigenvalue weighted by atomic mass is 15.1. The second-order valence-corrected chi connectivity index (χ2v) is 5.04. The van der Waals surface area contributed by atoms with Gasteiger partial charge in [0.1, 0.15) is 0 Å². The van der Waals surface area contributed by atoms with Crippen LogP contribution in [0.25, 0.3) is 16.0 Å². The fourth-order valence-corrected chi connectivity index (χ4v) is 2.60. The first-order chi connectivity index (χ1) is 10.8. The average Bonchev–Trinajstić information content (AvgIpc) is 2.62. The lowest BCUT2D eigenvalue weighted by molar-refractivity contribution is 1.21. The predicted octanol–water partition coefficient (Wildman–Crippen LogP) is 5.67. The van der Waals surface area contributed by atoms with Gasteiger partial charge in [0.05, 0.1) is 6.57 Å². The molecule has 0 atom stereocenters. The van der Waals surface area contributed by atoms with E-state index in [4.69, 9.17) is 6.57 Å². The van der Waals surface area contributed by atoms with E-state index >= 15 is 0 Å². The topological polar surface area (TPSA) is 7.60 Å². The van der Waals surface area contributed by atoms with Gasteiger partial charge in [-0.25, -0.2) is 4.85 Å². The summed E-state index contributed by atoms with van der Waals surface area (Å²) in [5.74, 6) is 0. The molecule has 22 heavy (non-hydrogen) atoms. The molecular weight excluding hydrogens is 268 g/mol. The van der Waals surface area contributed by atoms with Crippen molar-refractivity contribution < 1.29 is 0 Å². The van der Waals surface area contributed by atoms with Crippen LogP contribution in [-0.2, 0) is 0 Å². The molecule has 0 fully saturated rings. The van der Waals surface area contributed by atoms with E-state index in [0.717, 1.165) is 16.9 Å². The maximum absolute atomic E-state index is 7.36. The molecule has 0 saturated heterocycles. The SMILES string of the molecule is [C-]#[N+]c1ccccc1N(C)c1ccccc1-c1ccccc1. The van der Waals surface area contributed by atoms with Gasteiger partial charge in [-0.15, -0.1) is 0 Å². The van der Waals surface area contributed by atoms with E-state index in [9.17, 15) is 0 Å². The zero-order chi connectivity index (χ0) is 15.4. The van der Waals surface area contributed by atoms with E-state index in [1.807, 2.05) is 61.6 Å². The molecule has 0 aromatic heterocycles. The highest BCUT2D eigenvalue weighted by Gasteiger charge is 2.12. The Morgan fingerprint density at radius 2 is 1.32 bits per heavy atom. The van der Waals surface area contributed by atoms with Crippen molar-refractivity contribution in [3.8, 4) is 11.1 Å². The summed E-state index contributed by atoms with van der Waals surface area (Å²) < 4.78 is 0. The summed E-state index contributed by atoms with van der Waals surface area (Å²) in [7, 11) is 2.01. The van der Waals surface area contributed by atoms with Crippen molar-refractivity contribution in [1.82, 2.24) is 0 Å². The summed E-state index contributed by atoms with van der Waals surface area (Å²) in [4.78, 5) is 5.71. The molecule has 0 spiro atoms. The molecule has 0 N–H and O–H groups in total. The van der Waals surface area contributed by atoms with Crippen LogP contribution in [-0.4, -0.2) is 7.05 Å². The third-order valence-electron chi connectivity index (χ3n) is 3.71. The number of rotatable bonds is 3. The standard InChI is InChI=1S/C20H16N2/c1-21-18-13-7-9-15-20(18)22(2)19-14-8-6-12-17(19)16-10-4-3-5-11-16/h3-15H,2H3. The van der Waals surface area contributed by atoms with Crippen molar-refractivity contribution in [3.63, 3.8) is 0 Å². The molecule has 0 radical (unpaired) electrons. The minimum absolute atomic E-state index is 0.660. The van der Waals surface area contributed by atoms with Crippen LogP contribution < -0.4 is 4.90 Å². The normalized spacial score (nSPS) is 10.0. The Balaban J connectivity index is 2.12. The summed E-state index contributed by atoms with van der Waals surface area (Å²) in [6.45, 7) is 7.36. The summed E-state index contributed by atoms with van der Waals surface area (Å²) >= 11 is 0. The summed E-state index contributed by atoms with van der Waals surface area (Å²) in [5, 5.41) is 0. The Hall–Kier alpha value is -3.05. The summed E-state index contributed by atoms with van der Waals surface area (Å²) in [5.41, 5.74) is 4.99. The van der Waals surface area contributed by atoms with Gasteiger partial charge in [-0.2, -0.15) is 0 Å². The third-order valence-corrected chi connectivity index (χ3v) is 3.71. The van der Waals surface area contributed by atoms with E-state index in [1.54, 1.807) is 0 Å². The zero-order valence-electron chi connectivity index (χ0n) is 12.4. The van der Waals surface area contributed by atoms with E-state index in [1.165, 1.54) is 5.56 Å². The molecule has 0 unspecified atom stereocenters. The van der Waals surface area contributed by atoms with Gasteiger partial charge in [-0.3, -0.25) is 0 Å². The Labute approximate surface area is 131 Å². The highest BCUT2D eigenvalue weighted by Crippen LogP contribution is 2.37. The number of benzene rings is 3. The minimum Gasteiger partial charge on any atom is -0.354 e. The molecule has 106 valence electrons. The second kappa shape index (κ2) is 6.15. The first-order valence-electron chi connectivity index (χ1n) is 7.16. The molecule has 0 heterocycles. The van der Waals surface area contributed by atoms with E-state index < -0.39 is 0 Å². The Kier molecular flexibility index (Phi) is 3.89. The molecule has 0 amide bonds. The van der Waals surface area contributed by atoms with Crippen LogP contribution in [0.1, 0.15) is 0 Å². The second-order valence-electron chi connectivity index (χ2n) is 5.04. The predicted molar refractivity (Wildman–Crippen MR) is 92.6 cm³/mol. The largest absolute Gasteiger partial charge is 0.354 e. The van der Waals surface area contributed by atoms with Crippen LogP contribution in [0.5, 0.6) is 0 Å². The van der Waals surface area contributed by atoms with Crippen LogP contribution in [0.3, 0.4) is 0 Å².